The Morgan fingerprint density at radius 2 is 1.95 bits per heavy atom. The van der Waals surface area contributed by atoms with E-state index in [1.165, 1.54) is 0 Å². The molecule has 20 heavy (non-hydrogen) atoms. The van der Waals surface area contributed by atoms with E-state index in [1.54, 1.807) is 0 Å². The summed E-state index contributed by atoms with van der Waals surface area (Å²) in [6.07, 6.45) is 6.78. The van der Waals surface area contributed by atoms with Crippen molar-refractivity contribution in [2.75, 3.05) is 20.1 Å². The number of rotatable bonds is 4. The molecule has 0 bridgehead atoms. The Morgan fingerprint density at radius 3 is 2.55 bits per heavy atom. The highest BCUT2D eigenvalue weighted by atomic mass is 16.4. The minimum absolute atomic E-state index is 0.0151. The van der Waals surface area contributed by atoms with E-state index in [0.717, 1.165) is 58.0 Å². The van der Waals surface area contributed by atoms with Crippen LogP contribution in [0.2, 0.25) is 0 Å². The molecule has 1 aliphatic heterocycles. The lowest BCUT2D eigenvalue weighted by Gasteiger charge is -2.39. The Kier molecular flexibility index (Phi) is 5.02. The summed E-state index contributed by atoms with van der Waals surface area (Å²) in [6, 6.07) is 0. The van der Waals surface area contributed by atoms with Crippen molar-refractivity contribution in [1.29, 1.82) is 0 Å². The van der Waals surface area contributed by atoms with Gasteiger partial charge in [0.1, 0.15) is 0 Å². The van der Waals surface area contributed by atoms with E-state index in [9.17, 15) is 9.59 Å². The SMILES string of the molecule is CN1CCC[C@@H](C(=O)NC2(CC(=O)O)CCCCC2)C1. The number of nitrogens with zero attached hydrogens (tertiary/aromatic N) is 1. The van der Waals surface area contributed by atoms with Crippen LogP contribution in [-0.2, 0) is 9.59 Å². The number of nitrogens with one attached hydrogen (secondary N) is 1. The van der Waals surface area contributed by atoms with E-state index in [4.69, 9.17) is 5.11 Å². The lowest BCUT2D eigenvalue weighted by atomic mass is 9.78. The normalized spacial score (nSPS) is 26.9. The largest absolute Gasteiger partial charge is 0.481 e. The van der Waals surface area contributed by atoms with Crippen molar-refractivity contribution in [3.8, 4) is 0 Å². The van der Waals surface area contributed by atoms with Crippen LogP contribution in [0, 0.1) is 5.92 Å². The van der Waals surface area contributed by atoms with Crippen molar-refractivity contribution in [3.63, 3.8) is 0 Å². The number of piperidine rings is 1. The molecule has 114 valence electrons. The smallest absolute Gasteiger partial charge is 0.305 e. The zero-order chi connectivity index (χ0) is 14.6. The van der Waals surface area contributed by atoms with Gasteiger partial charge in [-0.1, -0.05) is 19.3 Å². The molecule has 1 saturated carbocycles. The molecule has 2 rings (SSSR count). The fourth-order valence-corrected chi connectivity index (χ4v) is 3.61. The summed E-state index contributed by atoms with van der Waals surface area (Å²) < 4.78 is 0. The van der Waals surface area contributed by atoms with Crippen LogP contribution >= 0.6 is 0 Å². The Balaban J connectivity index is 1.99. The van der Waals surface area contributed by atoms with Crippen molar-refractivity contribution in [2.24, 2.45) is 5.92 Å². The van der Waals surface area contributed by atoms with Crippen LogP contribution in [0.3, 0.4) is 0 Å². The van der Waals surface area contributed by atoms with Crippen LogP contribution in [0.5, 0.6) is 0 Å². The molecular weight excluding hydrogens is 256 g/mol. The quantitative estimate of drug-likeness (QED) is 0.822. The summed E-state index contributed by atoms with van der Waals surface area (Å²) in [6.45, 7) is 1.83. The number of carbonyl (C=O) groups excluding carboxylic acids is 1. The first-order valence-electron chi connectivity index (χ1n) is 7.73. The number of carbonyl (C=O) groups is 2. The molecule has 0 aromatic carbocycles. The fraction of sp³-hybridized carbons (Fsp3) is 0.867. The third kappa shape index (κ3) is 3.95. The maximum absolute atomic E-state index is 12.5. The van der Waals surface area contributed by atoms with Gasteiger partial charge in [-0.15, -0.1) is 0 Å². The van der Waals surface area contributed by atoms with Crippen molar-refractivity contribution in [2.45, 2.75) is 56.9 Å². The van der Waals surface area contributed by atoms with Crippen LogP contribution in [-0.4, -0.2) is 47.6 Å². The summed E-state index contributed by atoms with van der Waals surface area (Å²) in [5.74, 6) is -0.742. The summed E-state index contributed by atoms with van der Waals surface area (Å²) in [5, 5.41) is 12.2. The second-order valence-electron chi connectivity index (χ2n) is 6.50. The lowest BCUT2D eigenvalue weighted by molar-refractivity contribution is -0.140. The molecular formula is C15H26N2O3. The van der Waals surface area contributed by atoms with Gasteiger partial charge in [-0.2, -0.15) is 0 Å². The summed E-state index contributed by atoms with van der Waals surface area (Å²) >= 11 is 0. The van der Waals surface area contributed by atoms with Crippen molar-refractivity contribution in [1.82, 2.24) is 10.2 Å². The average Bonchev–Trinajstić information content (AvgIpc) is 2.38. The summed E-state index contributed by atoms with van der Waals surface area (Å²) in [5.41, 5.74) is -0.503. The van der Waals surface area contributed by atoms with Crippen LogP contribution in [0.25, 0.3) is 0 Å². The summed E-state index contributed by atoms with van der Waals surface area (Å²) in [7, 11) is 2.03. The van der Waals surface area contributed by atoms with Gasteiger partial charge in [0, 0.05) is 6.54 Å². The van der Waals surface area contributed by atoms with Gasteiger partial charge in [-0.05, 0) is 39.3 Å². The molecule has 2 N–H and O–H groups in total. The minimum Gasteiger partial charge on any atom is -0.481 e. The first kappa shape index (κ1) is 15.3. The zero-order valence-electron chi connectivity index (χ0n) is 12.4. The monoisotopic (exact) mass is 282 g/mol. The van der Waals surface area contributed by atoms with Crippen molar-refractivity contribution in [3.05, 3.63) is 0 Å². The molecule has 1 saturated heterocycles. The lowest BCUT2D eigenvalue weighted by Crippen LogP contribution is -2.54. The predicted octanol–water partition coefficient (Wildman–Crippen LogP) is 1.62. The van der Waals surface area contributed by atoms with Gasteiger partial charge in [0.25, 0.3) is 0 Å². The topological polar surface area (TPSA) is 69.6 Å². The number of hydrogen-bond donors (Lipinski definition) is 2. The first-order chi connectivity index (χ1) is 9.51. The number of carboxylic acids is 1. The van der Waals surface area contributed by atoms with Gasteiger partial charge < -0.3 is 15.3 Å². The zero-order valence-corrected chi connectivity index (χ0v) is 12.4. The standard InChI is InChI=1S/C15H26N2O3/c1-17-9-5-6-12(11-17)14(20)16-15(10-13(18)19)7-3-2-4-8-15/h12H,2-11H2,1H3,(H,16,20)(H,18,19)/t12-/m1/s1. The minimum atomic E-state index is -0.812. The molecule has 0 radical (unpaired) electrons. The van der Waals surface area contributed by atoms with Crippen LogP contribution in [0.4, 0.5) is 0 Å². The molecule has 0 spiro atoms. The molecule has 1 heterocycles. The van der Waals surface area contributed by atoms with E-state index < -0.39 is 11.5 Å². The Bertz CT molecular complexity index is 364. The maximum Gasteiger partial charge on any atom is 0.305 e. The highest BCUT2D eigenvalue weighted by Gasteiger charge is 2.37. The Labute approximate surface area is 120 Å². The van der Waals surface area contributed by atoms with Crippen LogP contribution in [0.1, 0.15) is 51.4 Å². The van der Waals surface area contributed by atoms with E-state index in [-0.39, 0.29) is 18.2 Å². The maximum atomic E-state index is 12.5. The molecule has 1 atom stereocenters. The van der Waals surface area contributed by atoms with Crippen molar-refractivity contribution >= 4 is 11.9 Å². The van der Waals surface area contributed by atoms with E-state index in [2.05, 4.69) is 10.2 Å². The van der Waals surface area contributed by atoms with Gasteiger partial charge in [-0.3, -0.25) is 9.59 Å². The number of amides is 1. The fourth-order valence-electron chi connectivity index (χ4n) is 3.61. The van der Waals surface area contributed by atoms with Gasteiger partial charge in [0.05, 0.1) is 17.9 Å². The molecule has 0 aromatic rings. The van der Waals surface area contributed by atoms with Gasteiger partial charge in [0.15, 0.2) is 0 Å². The molecule has 1 amide bonds. The van der Waals surface area contributed by atoms with Gasteiger partial charge in [-0.25, -0.2) is 0 Å². The highest BCUT2D eigenvalue weighted by molar-refractivity contribution is 5.81. The Hall–Kier alpha value is -1.10. The predicted molar refractivity (Wildman–Crippen MR) is 76.4 cm³/mol. The van der Waals surface area contributed by atoms with E-state index >= 15 is 0 Å². The molecule has 1 aliphatic carbocycles. The average molecular weight is 282 g/mol. The second kappa shape index (κ2) is 6.57. The third-order valence-corrected chi connectivity index (χ3v) is 4.68. The number of carboxylic acid groups (broad SMARTS) is 1. The van der Waals surface area contributed by atoms with Crippen LogP contribution < -0.4 is 5.32 Å². The molecule has 5 nitrogen and oxygen atoms in total. The molecule has 0 unspecified atom stereocenters. The van der Waals surface area contributed by atoms with E-state index in [0.29, 0.717) is 0 Å². The summed E-state index contributed by atoms with van der Waals surface area (Å²) in [4.78, 5) is 25.8. The second-order valence-corrected chi connectivity index (χ2v) is 6.50. The molecule has 0 aromatic heterocycles. The van der Waals surface area contributed by atoms with Crippen molar-refractivity contribution < 1.29 is 14.7 Å². The number of likely N-dealkylation sites (tertiary alicyclic amines) is 1. The number of aliphatic carboxylic acids is 1. The Morgan fingerprint density at radius 1 is 1.25 bits per heavy atom. The molecule has 5 heteroatoms. The van der Waals surface area contributed by atoms with Crippen LogP contribution in [0.15, 0.2) is 0 Å². The third-order valence-electron chi connectivity index (χ3n) is 4.68. The van der Waals surface area contributed by atoms with Gasteiger partial charge in [0.2, 0.25) is 5.91 Å². The number of hydrogen-bond acceptors (Lipinski definition) is 3. The molecule has 2 fully saturated rings. The highest BCUT2D eigenvalue weighted by Crippen LogP contribution is 2.32. The van der Waals surface area contributed by atoms with Gasteiger partial charge >= 0.3 is 5.97 Å². The van der Waals surface area contributed by atoms with E-state index in [1.807, 2.05) is 7.05 Å². The first-order valence-corrected chi connectivity index (χ1v) is 7.73. The molecule has 2 aliphatic rings.